The number of nitrogens with zero attached hydrogens (tertiary/aromatic N) is 1. The Balaban J connectivity index is 2.10. The minimum atomic E-state index is 0.116. The molecule has 0 bridgehead atoms. The molecule has 0 aromatic heterocycles. The van der Waals surface area contributed by atoms with Gasteiger partial charge in [0.2, 0.25) is 0 Å². The molecule has 25 heavy (non-hydrogen) atoms. The number of hydrogen-bond acceptors (Lipinski definition) is 3. The smallest absolute Gasteiger partial charge is 0.191 e. The first-order chi connectivity index (χ1) is 12.0. The average Bonchev–Trinajstić information content (AvgIpc) is 2.65. The highest BCUT2D eigenvalue weighted by molar-refractivity contribution is 7.99. The van der Waals surface area contributed by atoms with E-state index in [0.29, 0.717) is 0 Å². The second-order valence-corrected chi connectivity index (χ2v) is 8.78. The van der Waals surface area contributed by atoms with Crippen LogP contribution in [0.5, 0.6) is 0 Å². The molecule has 0 aliphatic carbocycles. The summed E-state index contributed by atoms with van der Waals surface area (Å²) in [6.07, 6.45) is 4.22. The molecule has 1 heterocycles. The number of hydrogen-bond donors (Lipinski definition) is 2. The van der Waals surface area contributed by atoms with Crippen LogP contribution in [0.15, 0.2) is 35.3 Å². The Kier molecular flexibility index (Phi) is 7.63. The van der Waals surface area contributed by atoms with Crippen LogP contribution in [0, 0.1) is 0 Å². The first-order valence-electron chi connectivity index (χ1n) is 9.22. The summed E-state index contributed by atoms with van der Waals surface area (Å²) in [4.78, 5) is 4.81. The third kappa shape index (κ3) is 5.93. The number of nitrogens with one attached hydrogen (secondary N) is 2. The molecule has 4 nitrogen and oxygen atoms in total. The molecule has 0 spiro atoms. The number of ether oxygens (including phenoxy) is 1. The Hall–Kier alpha value is -1.20. The van der Waals surface area contributed by atoms with Crippen molar-refractivity contribution in [1.82, 2.24) is 10.6 Å². The van der Waals surface area contributed by atoms with E-state index in [1.807, 2.05) is 11.8 Å². The quantitative estimate of drug-likeness (QED) is 0.575. The summed E-state index contributed by atoms with van der Waals surface area (Å²) in [5.74, 6) is 0.909. The molecule has 0 amide bonds. The standard InChI is InChI=1S/C20H33N3OS/c1-5-21-18(22-15-19(2,3)25-4)23-16-20(11-13-24-14-12-20)17-9-7-6-8-10-17/h6-10H,5,11-16H2,1-4H3,(H2,21,22,23). The lowest BCUT2D eigenvalue weighted by molar-refractivity contribution is 0.0514. The summed E-state index contributed by atoms with van der Waals surface area (Å²) in [5, 5.41) is 6.99. The van der Waals surface area contributed by atoms with E-state index in [9.17, 15) is 0 Å². The van der Waals surface area contributed by atoms with Crippen molar-refractivity contribution in [3.8, 4) is 0 Å². The van der Waals surface area contributed by atoms with Gasteiger partial charge in [-0.1, -0.05) is 30.3 Å². The Morgan fingerprint density at radius 1 is 1.20 bits per heavy atom. The average molecular weight is 364 g/mol. The van der Waals surface area contributed by atoms with Gasteiger partial charge in [0.15, 0.2) is 5.96 Å². The number of thioether (sulfide) groups is 1. The molecule has 1 aromatic rings. The third-order valence-electron chi connectivity index (χ3n) is 4.95. The maximum Gasteiger partial charge on any atom is 0.191 e. The van der Waals surface area contributed by atoms with Gasteiger partial charge in [-0.2, -0.15) is 11.8 Å². The van der Waals surface area contributed by atoms with Gasteiger partial charge >= 0.3 is 0 Å². The van der Waals surface area contributed by atoms with Crippen LogP contribution in [0.4, 0.5) is 0 Å². The second kappa shape index (κ2) is 9.48. The van der Waals surface area contributed by atoms with Gasteiger partial charge in [-0.25, -0.2) is 0 Å². The largest absolute Gasteiger partial charge is 0.381 e. The molecule has 2 N–H and O–H groups in total. The second-order valence-electron chi connectivity index (χ2n) is 7.27. The zero-order chi connectivity index (χ0) is 18.2. The van der Waals surface area contributed by atoms with Crippen molar-refractivity contribution in [1.29, 1.82) is 0 Å². The first kappa shape index (κ1) is 20.1. The molecule has 140 valence electrons. The molecule has 0 saturated carbocycles. The van der Waals surface area contributed by atoms with E-state index in [0.717, 1.165) is 51.6 Å². The van der Waals surface area contributed by atoms with Crippen LogP contribution in [0.1, 0.15) is 39.2 Å². The van der Waals surface area contributed by atoms with Crippen molar-refractivity contribution in [2.45, 2.75) is 43.8 Å². The van der Waals surface area contributed by atoms with Gasteiger partial charge < -0.3 is 15.4 Å². The summed E-state index contributed by atoms with van der Waals surface area (Å²) in [7, 11) is 0. The normalized spacial score (nSPS) is 18.0. The van der Waals surface area contributed by atoms with Gasteiger partial charge in [-0.05, 0) is 45.4 Å². The van der Waals surface area contributed by atoms with E-state index >= 15 is 0 Å². The van der Waals surface area contributed by atoms with Crippen molar-refractivity contribution in [2.24, 2.45) is 4.99 Å². The molecule has 5 heteroatoms. The Bertz CT molecular complexity index is 539. The zero-order valence-electron chi connectivity index (χ0n) is 16.1. The van der Waals surface area contributed by atoms with Crippen molar-refractivity contribution in [3.63, 3.8) is 0 Å². The molecule has 1 aromatic carbocycles. The molecular formula is C20H33N3OS. The molecule has 1 aliphatic heterocycles. The van der Waals surface area contributed by atoms with Gasteiger partial charge in [-0.3, -0.25) is 4.99 Å². The molecule has 0 radical (unpaired) electrons. The minimum Gasteiger partial charge on any atom is -0.381 e. The molecule has 1 aliphatic rings. The lowest BCUT2D eigenvalue weighted by Crippen LogP contribution is -2.48. The van der Waals surface area contributed by atoms with Crippen molar-refractivity contribution in [2.75, 3.05) is 39.1 Å². The molecular weight excluding hydrogens is 330 g/mol. The third-order valence-corrected chi connectivity index (χ3v) is 6.18. The predicted molar refractivity (Wildman–Crippen MR) is 110 cm³/mol. The molecule has 0 unspecified atom stereocenters. The van der Waals surface area contributed by atoms with Gasteiger partial charge in [0, 0.05) is 36.5 Å². The fourth-order valence-electron chi connectivity index (χ4n) is 3.05. The zero-order valence-corrected chi connectivity index (χ0v) is 16.9. The maximum atomic E-state index is 5.63. The minimum absolute atomic E-state index is 0.116. The van der Waals surface area contributed by atoms with Crippen LogP contribution in [0.2, 0.25) is 0 Å². The van der Waals surface area contributed by atoms with Gasteiger partial charge in [-0.15, -0.1) is 0 Å². The van der Waals surface area contributed by atoms with Gasteiger partial charge in [0.05, 0.1) is 6.54 Å². The number of aliphatic imine (C=N–C) groups is 1. The van der Waals surface area contributed by atoms with E-state index < -0.39 is 0 Å². The van der Waals surface area contributed by atoms with E-state index in [1.165, 1.54) is 5.56 Å². The highest BCUT2D eigenvalue weighted by Crippen LogP contribution is 2.34. The topological polar surface area (TPSA) is 45.7 Å². The van der Waals surface area contributed by atoms with Crippen LogP contribution >= 0.6 is 11.8 Å². The lowest BCUT2D eigenvalue weighted by atomic mass is 9.74. The van der Waals surface area contributed by atoms with E-state index in [1.54, 1.807) is 0 Å². The number of rotatable bonds is 7. The summed E-state index contributed by atoms with van der Waals surface area (Å²) < 4.78 is 5.78. The highest BCUT2D eigenvalue weighted by Gasteiger charge is 2.34. The first-order valence-corrected chi connectivity index (χ1v) is 10.4. The van der Waals surface area contributed by atoms with Gasteiger partial charge in [0.1, 0.15) is 0 Å². The Morgan fingerprint density at radius 3 is 2.48 bits per heavy atom. The fourth-order valence-corrected chi connectivity index (χ4v) is 3.24. The van der Waals surface area contributed by atoms with Crippen LogP contribution in [0.25, 0.3) is 0 Å². The number of guanidine groups is 1. The summed E-state index contributed by atoms with van der Waals surface area (Å²) in [5.41, 5.74) is 1.51. The highest BCUT2D eigenvalue weighted by atomic mass is 32.2. The summed E-state index contributed by atoms with van der Waals surface area (Å²) >= 11 is 1.85. The van der Waals surface area contributed by atoms with E-state index in [-0.39, 0.29) is 10.2 Å². The SMILES string of the molecule is CCNC(=NCC(C)(C)SC)NCC1(c2ccccc2)CCOCC1. The molecule has 0 atom stereocenters. The fraction of sp³-hybridized carbons (Fsp3) is 0.650. The maximum absolute atomic E-state index is 5.63. The van der Waals surface area contributed by atoms with Crippen LogP contribution in [0.3, 0.4) is 0 Å². The molecule has 2 rings (SSSR count). The summed E-state index contributed by atoms with van der Waals surface area (Å²) in [6.45, 7) is 10.8. The predicted octanol–water partition coefficient (Wildman–Crippen LogP) is 3.43. The van der Waals surface area contributed by atoms with Crippen LogP contribution < -0.4 is 10.6 Å². The van der Waals surface area contributed by atoms with Crippen LogP contribution in [-0.4, -0.2) is 49.8 Å². The Morgan fingerprint density at radius 2 is 1.88 bits per heavy atom. The van der Waals surface area contributed by atoms with Crippen molar-refractivity contribution >= 4 is 17.7 Å². The monoisotopic (exact) mass is 363 g/mol. The lowest BCUT2D eigenvalue weighted by Gasteiger charge is -2.38. The van der Waals surface area contributed by atoms with E-state index in [4.69, 9.17) is 9.73 Å². The van der Waals surface area contributed by atoms with Crippen molar-refractivity contribution in [3.05, 3.63) is 35.9 Å². The Labute approximate surface area is 157 Å². The summed E-state index contributed by atoms with van der Waals surface area (Å²) in [6, 6.07) is 10.8. The van der Waals surface area contributed by atoms with Gasteiger partial charge in [0.25, 0.3) is 0 Å². The van der Waals surface area contributed by atoms with Crippen LogP contribution in [-0.2, 0) is 10.2 Å². The van der Waals surface area contributed by atoms with E-state index in [2.05, 4.69) is 68.0 Å². The number of benzene rings is 1. The van der Waals surface area contributed by atoms with Crippen molar-refractivity contribution < 1.29 is 4.74 Å². The molecule has 1 fully saturated rings. The molecule has 1 saturated heterocycles.